The summed E-state index contributed by atoms with van der Waals surface area (Å²) in [6.45, 7) is 7.39. The summed E-state index contributed by atoms with van der Waals surface area (Å²) in [5, 5.41) is 0. The zero-order valence-corrected chi connectivity index (χ0v) is 17.3. The molecule has 6 heteroatoms. The molecule has 0 aromatic heterocycles. The number of halogens is 2. The van der Waals surface area contributed by atoms with Gasteiger partial charge in [0.1, 0.15) is 0 Å². The molecule has 2 N–H and O–H groups in total. The molecule has 2 aliphatic heterocycles. The van der Waals surface area contributed by atoms with Crippen molar-refractivity contribution in [2.24, 2.45) is 17.6 Å². The molecule has 3 rings (SSSR count). The number of hydrogen-bond donors (Lipinski definition) is 1. The number of amides is 1. The van der Waals surface area contributed by atoms with Gasteiger partial charge in [-0.1, -0.05) is 43.7 Å². The minimum atomic E-state index is -0.222. The summed E-state index contributed by atoms with van der Waals surface area (Å²) in [7, 11) is 0. The van der Waals surface area contributed by atoms with Gasteiger partial charge in [0.15, 0.2) is 0 Å². The topological polar surface area (TPSA) is 49.6 Å². The minimum Gasteiger partial charge on any atom is -0.342 e. The van der Waals surface area contributed by atoms with E-state index < -0.39 is 0 Å². The van der Waals surface area contributed by atoms with E-state index in [1.54, 1.807) is 0 Å². The fraction of sp³-hybridized carbons (Fsp3) is 0.650. The molecule has 0 bridgehead atoms. The van der Waals surface area contributed by atoms with Crippen LogP contribution in [0.1, 0.15) is 44.2 Å². The molecule has 2 fully saturated rings. The van der Waals surface area contributed by atoms with Gasteiger partial charge >= 0.3 is 0 Å². The highest BCUT2D eigenvalue weighted by Gasteiger charge is 2.32. The molecule has 3 unspecified atom stereocenters. The second kappa shape index (κ2) is 11.1. The van der Waals surface area contributed by atoms with Gasteiger partial charge in [-0.15, -0.1) is 24.8 Å². The van der Waals surface area contributed by atoms with Crippen molar-refractivity contribution in [2.75, 3.05) is 32.7 Å². The van der Waals surface area contributed by atoms with Crippen molar-refractivity contribution in [3.63, 3.8) is 0 Å². The number of likely N-dealkylation sites (tertiary alicyclic amines) is 2. The van der Waals surface area contributed by atoms with Crippen molar-refractivity contribution in [1.29, 1.82) is 0 Å². The third-order valence-corrected chi connectivity index (χ3v) is 5.68. The van der Waals surface area contributed by atoms with Crippen molar-refractivity contribution < 1.29 is 4.79 Å². The summed E-state index contributed by atoms with van der Waals surface area (Å²) in [4.78, 5) is 17.5. The van der Waals surface area contributed by atoms with Crippen molar-refractivity contribution in [2.45, 2.75) is 38.6 Å². The minimum absolute atomic E-state index is 0. The summed E-state index contributed by atoms with van der Waals surface area (Å²) >= 11 is 0. The predicted octanol–water partition coefficient (Wildman–Crippen LogP) is 3.50. The molecule has 1 aromatic carbocycles. The lowest BCUT2D eigenvalue weighted by molar-refractivity contribution is -0.134. The zero-order chi connectivity index (χ0) is 16.9. The molecule has 2 saturated heterocycles. The van der Waals surface area contributed by atoms with Gasteiger partial charge in [-0.25, -0.2) is 0 Å². The van der Waals surface area contributed by atoms with E-state index in [0.717, 1.165) is 31.6 Å². The van der Waals surface area contributed by atoms with E-state index in [-0.39, 0.29) is 42.7 Å². The van der Waals surface area contributed by atoms with E-state index in [9.17, 15) is 4.79 Å². The van der Waals surface area contributed by atoms with Crippen LogP contribution in [-0.4, -0.2) is 48.4 Å². The Hall–Kier alpha value is -0.810. The van der Waals surface area contributed by atoms with E-state index in [2.05, 4.69) is 4.90 Å². The normalized spacial score (nSPS) is 22.8. The molecule has 0 aliphatic carbocycles. The van der Waals surface area contributed by atoms with Crippen molar-refractivity contribution >= 4 is 30.7 Å². The van der Waals surface area contributed by atoms with Gasteiger partial charge in [0.05, 0.1) is 5.92 Å². The molecular weight excluding hydrogens is 369 g/mol. The average Bonchev–Trinajstić information content (AvgIpc) is 3.10. The Morgan fingerprint density at radius 1 is 1.12 bits per heavy atom. The Balaban J connectivity index is 0.00000169. The van der Waals surface area contributed by atoms with Crippen LogP contribution in [0.5, 0.6) is 0 Å². The van der Waals surface area contributed by atoms with Crippen molar-refractivity contribution in [3.8, 4) is 0 Å². The third-order valence-electron chi connectivity index (χ3n) is 5.68. The first kappa shape index (κ1) is 23.2. The van der Waals surface area contributed by atoms with Crippen LogP contribution in [0.2, 0.25) is 0 Å². The smallest absolute Gasteiger partial charge is 0.227 e. The van der Waals surface area contributed by atoms with E-state index >= 15 is 0 Å². The number of nitrogens with zero attached hydrogens (tertiary/aromatic N) is 2. The first-order valence-corrected chi connectivity index (χ1v) is 9.47. The molecule has 3 atom stereocenters. The van der Waals surface area contributed by atoms with Crippen LogP contribution in [-0.2, 0) is 4.79 Å². The SMILES string of the molecule is CC(C(=O)N1CCC(CN2CCCCC2)C1)C(N)c1ccccc1.Cl.Cl. The van der Waals surface area contributed by atoms with Crippen molar-refractivity contribution in [3.05, 3.63) is 35.9 Å². The zero-order valence-electron chi connectivity index (χ0n) is 15.7. The average molecular weight is 402 g/mol. The number of nitrogens with two attached hydrogens (primary N) is 1. The fourth-order valence-corrected chi connectivity index (χ4v) is 4.09. The number of rotatable bonds is 5. The van der Waals surface area contributed by atoms with Gasteiger partial charge < -0.3 is 15.5 Å². The molecule has 26 heavy (non-hydrogen) atoms. The standard InChI is InChI=1S/C20H31N3O.2ClH/c1-16(19(21)18-8-4-2-5-9-18)20(24)23-13-10-17(15-23)14-22-11-6-3-7-12-22;;/h2,4-5,8-9,16-17,19H,3,6-7,10-15,21H2,1H3;2*1H. The van der Waals surface area contributed by atoms with Gasteiger partial charge in [-0.05, 0) is 43.8 Å². The van der Waals surface area contributed by atoms with Crippen LogP contribution in [0.25, 0.3) is 0 Å². The van der Waals surface area contributed by atoms with E-state index in [4.69, 9.17) is 5.73 Å². The summed E-state index contributed by atoms with van der Waals surface area (Å²) in [5.74, 6) is 0.681. The van der Waals surface area contributed by atoms with Gasteiger partial charge in [0.2, 0.25) is 5.91 Å². The Labute approximate surface area is 170 Å². The molecule has 2 heterocycles. The van der Waals surface area contributed by atoms with E-state index in [1.807, 2.05) is 42.2 Å². The number of carbonyl (C=O) groups is 1. The van der Waals surface area contributed by atoms with Crippen LogP contribution in [0.3, 0.4) is 0 Å². The van der Waals surface area contributed by atoms with Crippen LogP contribution in [0.4, 0.5) is 0 Å². The number of benzene rings is 1. The Kier molecular flexibility index (Phi) is 9.94. The largest absolute Gasteiger partial charge is 0.342 e. The first-order chi connectivity index (χ1) is 11.6. The van der Waals surface area contributed by atoms with Crippen LogP contribution >= 0.6 is 24.8 Å². The maximum absolute atomic E-state index is 12.8. The number of piperidine rings is 1. The van der Waals surface area contributed by atoms with E-state index in [0.29, 0.717) is 5.92 Å². The quantitative estimate of drug-likeness (QED) is 0.820. The lowest BCUT2D eigenvalue weighted by Gasteiger charge is -2.29. The molecule has 1 amide bonds. The monoisotopic (exact) mass is 401 g/mol. The summed E-state index contributed by atoms with van der Waals surface area (Å²) < 4.78 is 0. The van der Waals surface area contributed by atoms with Gasteiger partial charge in [0, 0.05) is 25.7 Å². The first-order valence-electron chi connectivity index (χ1n) is 9.47. The van der Waals surface area contributed by atoms with Crippen LogP contribution < -0.4 is 5.73 Å². The summed E-state index contributed by atoms with van der Waals surface area (Å²) in [5.41, 5.74) is 7.38. The summed E-state index contributed by atoms with van der Waals surface area (Å²) in [6.07, 6.45) is 5.17. The molecule has 2 aliphatic rings. The van der Waals surface area contributed by atoms with Gasteiger partial charge in [0.25, 0.3) is 0 Å². The fourth-order valence-electron chi connectivity index (χ4n) is 4.09. The predicted molar refractivity (Wildman–Crippen MR) is 112 cm³/mol. The second-order valence-electron chi connectivity index (χ2n) is 7.53. The maximum atomic E-state index is 12.8. The van der Waals surface area contributed by atoms with Gasteiger partial charge in [-0.3, -0.25) is 4.79 Å². The Morgan fingerprint density at radius 3 is 2.42 bits per heavy atom. The lowest BCUT2D eigenvalue weighted by atomic mass is 9.94. The highest BCUT2D eigenvalue weighted by atomic mass is 35.5. The molecule has 0 spiro atoms. The van der Waals surface area contributed by atoms with E-state index in [1.165, 1.54) is 32.4 Å². The van der Waals surface area contributed by atoms with Crippen molar-refractivity contribution in [1.82, 2.24) is 9.80 Å². The molecule has 148 valence electrons. The molecule has 0 radical (unpaired) electrons. The van der Waals surface area contributed by atoms with Crippen LogP contribution in [0.15, 0.2) is 30.3 Å². The number of carbonyl (C=O) groups excluding carboxylic acids is 1. The third kappa shape index (κ3) is 5.85. The second-order valence-corrected chi connectivity index (χ2v) is 7.53. The Bertz CT molecular complexity index is 537. The molecule has 0 saturated carbocycles. The summed E-state index contributed by atoms with van der Waals surface area (Å²) in [6, 6.07) is 9.75. The number of hydrogen-bond acceptors (Lipinski definition) is 3. The molecule has 4 nitrogen and oxygen atoms in total. The van der Waals surface area contributed by atoms with Crippen LogP contribution in [0, 0.1) is 11.8 Å². The Morgan fingerprint density at radius 2 is 1.77 bits per heavy atom. The molecular formula is C20H33Cl2N3O. The maximum Gasteiger partial charge on any atom is 0.227 e. The van der Waals surface area contributed by atoms with Gasteiger partial charge in [-0.2, -0.15) is 0 Å². The molecule has 1 aromatic rings. The highest BCUT2D eigenvalue weighted by Crippen LogP contribution is 2.25. The lowest BCUT2D eigenvalue weighted by Crippen LogP contribution is -2.39. The highest BCUT2D eigenvalue weighted by molar-refractivity contribution is 5.85.